The van der Waals surface area contributed by atoms with E-state index in [9.17, 15) is 9.59 Å². The lowest BCUT2D eigenvalue weighted by Gasteiger charge is -2.10. The first kappa shape index (κ1) is 17.4. The highest BCUT2D eigenvalue weighted by molar-refractivity contribution is 6.29. The number of ether oxygens (including phenoxy) is 1. The zero-order chi connectivity index (χ0) is 17.7. The molecule has 0 aliphatic carbocycles. The monoisotopic (exact) mass is 348 g/mol. The van der Waals surface area contributed by atoms with E-state index in [1.54, 1.807) is 6.92 Å². The summed E-state index contributed by atoms with van der Waals surface area (Å²) in [5, 5.41) is 17.7. The number of rotatable bonds is 6. The number of carboxylic acid groups (broad SMARTS) is 2. The summed E-state index contributed by atoms with van der Waals surface area (Å²) in [4.78, 5) is 29.4. The molecule has 0 radical (unpaired) electrons. The van der Waals surface area contributed by atoms with Crippen molar-refractivity contribution < 1.29 is 24.5 Å². The molecule has 2 heterocycles. The first-order chi connectivity index (χ1) is 11.3. The minimum Gasteiger partial charge on any atom is -0.481 e. The predicted molar refractivity (Wildman–Crippen MR) is 86.3 cm³/mol. The van der Waals surface area contributed by atoms with Gasteiger partial charge in [0.05, 0.1) is 12.6 Å². The highest BCUT2D eigenvalue weighted by atomic mass is 35.5. The summed E-state index contributed by atoms with van der Waals surface area (Å²) in [6, 6.07) is 2.92. The third kappa shape index (κ3) is 4.79. The maximum absolute atomic E-state index is 10.8. The third-order valence-electron chi connectivity index (χ3n) is 3.01. The fourth-order valence-corrected chi connectivity index (χ4v) is 2.14. The third-order valence-corrected chi connectivity index (χ3v) is 3.21. The summed E-state index contributed by atoms with van der Waals surface area (Å²) in [6.07, 6.45) is 5.14. The van der Waals surface area contributed by atoms with Crippen LogP contribution in [0, 0.1) is 6.92 Å². The van der Waals surface area contributed by atoms with Crippen LogP contribution in [0.4, 0.5) is 0 Å². The zero-order valence-electron chi connectivity index (χ0n) is 12.6. The second-order valence-electron chi connectivity index (χ2n) is 4.83. The Morgan fingerprint density at radius 2 is 2.04 bits per heavy atom. The number of hydrogen-bond acceptors (Lipinski definition) is 5. The Kier molecular flexibility index (Phi) is 5.49. The van der Waals surface area contributed by atoms with Gasteiger partial charge in [0, 0.05) is 23.9 Å². The van der Waals surface area contributed by atoms with Crippen molar-refractivity contribution in [1.82, 2.24) is 9.97 Å². The standard InChI is InChI=1S/C16H13ClN2O5/c1-9-11(2-3-15(20)21)7-18-8-12(9)24-14-5-10(6-16(22)23)4-13(17)19-14/h2-5,7-8H,6H2,1H3,(H,20,21)(H,22,23)/b3-2+. The van der Waals surface area contributed by atoms with Gasteiger partial charge < -0.3 is 14.9 Å². The summed E-state index contributed by atoms with van der Waals surface area (Å²) in [5.74, 6) is -1.58. The van der Waals surface area contributed by atoms with Crippen molar-refractivity contribution in [3.8, 4) is 11.6 Å². The molecule has 0 atom stereocenters. The first-order valence-electron chi connectivity index (χ1n) is 6.77. The minimum absolute atomic E-state index is 0.108. The van der Waals surface area contributed by atoms with Crippen LogP contribution in [0.2, 0.25) is 5.15 Å². The fraction of sp³-hybridized carbons (Fsp3) is 0.125. The molecule has 2 aromatic heterocycles. The zero-order valence-corrected chi connectivity index (χ0v) is 13.3. The molecule has 24 heavy (non-hydrogen) atoms. The van der Waals surface area contributed by atoms with Gasteiger partial charge in [-0.2, -0.15) is 0 Å². The number of carboxylic acids is 2. The molecule has 0 aliphatic rings. The molecule has 0 bridgehead atoms. The Morgan fingerprint density at radius 3 is 2.71 bits per heavy atom. The van der Waals surface area contributed by atoms with Gasteiger partial charge in [-0.3, -0.25) is 9.78 Å². The summed E-state index contributed by atoms with van der Waals surface area (Å²) in [5.41, 5.74) is 1.68. The van der Waals surface area contributed by atoms with Crippen LogP contribution < -0.4 is 4.74 Å². The summed E-state index contributed by atoms with van der Waals surface area (Å²) in [6.45, 7) is 1.74. The van der Waals surface area contributed by atoms with Crippen molar-refractivity contribution in [2.24, 2.45) is 0 Å². The van der Waals surface area contributed by atoms with E-state index < -0.39 is 11.9 Å². The quantitative estimate of drug-likeness (QED) is 0.610. The van der Waals surface area contributed by atoms with Gasteiger partial charge in [0.15, 0.2) is 5.75 Å². The largest absolute Gasteiger partial charge is 0.481 e. The topological polar surface area (TPSA) is 110 Å². The van der Waals surface area contributed by atoms with Gasteiger partial charge in [-0.25, -0.2) is 9.78 Å². The molecule has 124 valence electrons. The molecule has 2 N–H and O–H groups in total. The number of hydrogen-bond donors (Lipinski definition) is 2. The SMILES string of the molecule is Cc1c(/C=C/C(=O)O)cncc1Oc1cc(CC(=O)O)cc(Cl)n1. The molecule has 2 rings (SSSR count). The van der Waals surface area contributed by atoms with Crippen molar-refractivity contribution >= 4 is 29.6 Å². The molecule has 0 fully saturated rings. The lowest BCUT2D eigenvalue weighted by atomic mass is 10.1. The summed E-state index contributed by atoms with van der Waals surface area (Å²) < 4.78 is 5.63. The second kappa shape index (κ2) is 7.56. The van der Waals surface area contributed by atoms with Gasteiger partial charge in [0.1, 0.15) is 5.15 Å². The van der Waals surface area contributed by atoms with Gasteiger partial charge in [0.25, 0.3) is 0 Å². The van der Waals surface area contributed by atoms with Gasteiger partial charge in [-0.05, 0) is 30.2 Å². The average molecular weight is 349 g/mol. The Morgan fingerprint density at radius 1 is 1.29 bits per heavy atom. The maximum atomic E-state index is 10.8. The fourth-order valence-electron chi connectivity index (χ4n) is 1.92. The van der Waals surface area contributed by atoms with Crippen molar-refractivity contribution in [2.75, 3.05) is 0 Å². The van der Waals surface area contributed by atoms with Crippen molar-refractivity contribution in [3.05, 3.63) is 52.4 Å². The van der Waals surface area contributed by atoms with Crippen molar-refractivity contribution in [3.63, 3.8) is 0 Å². The highest BCUT2D eigenvalue weighted by Gasteiger charge is 2.10. The van der Waals surface area contributed by atoms with Crippen LogP contribution >= 0.6 is 11.6 Å². The molecule has 8 heteroatoms. The van der Waals surface area contributed by atoms with Crippen molar-refractivity contribution in [1.29, 1.82) is 0 Å². The molecular weight excluding hydrogens is 336 g/mol. The highest BCUT2D eigenvalue weighted by Crippen LogP contribution is 2.27. The van der Waals surface area contributed by atoms with Crippen LogP contribution in [0.5, 0.6) is 11.6 Å². The van der Waals surface area contributed by atoms with Gasteiger partial charge in [0.2, 0.25) is 5.88 Å². The van der Waals surface area contributed by atoms with E-state index in [0.29, 0.717) is 22.4 Å². The van der Waals surface area contributed by atoms with E-state index in [1.165, 1.54) is 30.6 Å². The van der Waals surface area contributed by atoms with E-state index in [4.69, 9.17) is 26.6 Å². The smallest absolute Gasteiger partial charge is 0.328 e. The van der Waals surface area contributed by atoms with E-state index >= 15 is 0 Å². The molecular formula is C16H13ClN2O5. The Bertz CT molecular complexity index is 820. The van der Waals surface area contributed by atoms with Gasteiger partial charge in [-0.15, -0.1) is 0 Å². The molecule has 7 nitrogen and oxygen atoms in total. The Hall–Kier alpha value is -2.93. The minimum atomic E-state index is -1.07. The Balaban J connectivity index is 2.31. The van der Waals surface area contributed by atoms with Crippen LogP contribution in [0.15, 0.2) is 30.6 Å². The molecule has 0 aliphatic heterocycles. The normalized spacial score (nSPS) is 10.8. The van der Waals surface area contributed by atoms with E-state index in [-0.39, 0.29) is 17.5 Å². The maximum Gasteiger partial charge on any atom is 0.328 e. The predicted octanol–water partition coefficient (Wildman–Crippen LogP) is 2.96. The van der Waals surface area contributed by atoms with Crippen LogP contribution in [-0.2, 0) is 16.0 Å². The lowest BCUT2D eigenvalue weighted by molar-refractivity contribution is -0.136. The number of halogens is 1. The lowest BCUT2D eigenvalue weighted by Crippen LogP contribution is -2.01. The van der Waals surface area contributed by atoms with E-state index in [1.807, 2.05) is 0 Å². The van der Waals surface area contributed by atoms with E-state index in [2.05, 4.69) is 9.97 Å². The van der Waals surface area contributed by atoms with E-state index in [0.717, 1.165) is 6.08 Å². The van der Waals surface area contributed by atoms with Crippen LogP contribution in [0.25, 0.3) is 6.08 Å². The molecule has 0 aromatic carbocycles. The van der Waals surface area contributed by atoms with Crippen molar-refractivity contribution in [2.45, 2.75) is 13.3 Å². The Labute approximate surface area is 142 Å². The molecule has 0 saturated carbocycles. The molecule has 0 spiro atoms. The van der Waals surface area contributed by atoms with Crippen LogP contribution in [0.1, 0.15) is 16.7 Å². The molecule has 0 amide bonds. The summed E-state index contributed by atoms with van der Waals surface area (Å²) >= 11 is 5.88. The second-order valence-corrected chi connectivity index (χ2v) is 5.22. The first-order valence-corrected chi connectivity index (χ1v) is 7.14. The van der Waals surface area contributed by atoms with Gasteiger partial charge >= 0.3 is 11.9 Å². The molecule has 0 unspecified atom stereocenters. The molecule has 2 aromatic rings. The van der Waals surface area contributed by atoms with Crippen LogP contribution in [0.3, 0.4) is 0 Å². The summed E-state index contributed by atoms with van der Waals surface area (Å²) in [7, 11) is 0. The van der Waals surface area contributed by atoms with Gasteiger partial charge in [-0.1, -0.05) is 11.6 Å². The van der Waals surface area contributed by atoms with Crippen LogP contribution in [-0.4, -0.2) is 32.1 Å². The number of pyridine rings is 2. The average Bonchev–Trinajstić information content (AvgIpc) is 2.46. The number of aliphatic carboxylic acids is 2. The number of carbonyl (C=O) groups is 2. The number of aromatic nitrogens is 2. The number of nitrogens with zero attached hydrogens (tertiary/aromatic N) is 2. The molecule has 0 saturated heterocycles.